The molecule has 0 heterocycles. The molecule has 5 heteroatoms. The summed E-state index contributed by atoms with van der Waals surface area (Å²) in [4.78, 5) is 12.5. The Balaban J connectivity index is 1.99. The highest BCUT2D eigenvalue weighted by Gasteiger charge is 2.17. The van der Waals surface area contributed by atoms with Crippen molar-refractivity contribution in [2.75, 3.05) is 0 Å². The van der Waals surface area contributed by atoms with Gasteiger partial charge in [0.25, 0.3) is 0 Å². The second-order valence-corrected chi connectivity index (χ2v) is 7.42. The van der Waals surface area contributed by atoms with E-state index in [-0.39, 0.29) is 26.4 Å². The van der Waals surface area contributed by atoms with E-state index in [9.17, 15) is 15.0 Å². The lowest BCUT2D eigenvalue weighted by molar-refractivity contribution is 0.104. The maximum absolute atomic E-state index is 12.5. The monoisotopic (exact) mass is 542 g/mol. The van der Waals surface area contributed by atoms with E-state index in [1.54, 1.807) is 6.08 Å². The van der Waals surface area contributed by atoms with Crippen LogP contribution >= 0.6 is 45.2 Å². The predicted molar refractivity (Wildman–Crippen MR) is 113 cm³/mol. The topological polar surface area (TPSA) is 57.5 Å². The van der Waals surface area contributed by atoms with Crippen LogP contribution in [0.15, 0.2) is 54.6 Å². The Hall–Kier alpha value is -1.61. The fraction of sp³-hybridized carbons (Fsp3) is 0. The fourth-order valence-electron chi connectivity index (χ4n) is 2.44. The molecule has 0 aliphatic heterocycles. The van der Waals surface area contributed by atoms with Gasteiger partial charge in [0.1, 0.15) is 11.5 Å². The van der Waals surface area contributed by atoms with Crippen LogP contribution in [0.4, 0.5) is 0 Å². The first-order valence-corrected chi connectivity index (χ1v) is 9.25. The molecule has 0 aromatic heterocycles. The summed E-state index contributed by atoms with van der Waals surface area (Å²) in [5.74, 6) is -0.513. The number of carbonyl (C=O) groups excluding carboxylic acids is 1. The summed E-state index contributed by atoms with van der Waals surface area (Å²) in [6, 6.07) is 15.3. The molecule has 0 aliphatic rings. The Labute approximate surface area is 166 Å². The van der Waals surface area contributed by atoms with Gasteiger partial charge in [-0.2, -0.15) is 0 Å². The number of ketones is 1. The number of allylic oxidation sites excluding steroid dienone is 1. The zero-order valence-electron chi connectivity index (χ0n) is 12.3. The number of carbonyl (C=O) groups is 1. The zero-order chi connectivity index (χ0) is 17.3. The molecule has 3 rings (SSSR count). The van der Waals surface area contributed by atoms with Crippen LogP contribution in [0.3, 0.4) is 0 Å². The van der Waals surface area contributed by atoms with Crippen LogP contribution in [-0.4, -0.2) is 16.0 Å². The molecule has 0 spiro atoms. The number of benzene rings is 3. The first-order valence-electron chi connectivity index (χ1n) is 7.09. The Morgan fingerprint density at radius 3 is 2.46 bits per heavy atom. The van der Waals surface area contributed by atoms with Crippen LogP contribution < -0.4 is 0 Å². The summed E-state index contributed by atoms with van der Waals surface area (Å²) < 4.78 is 0.804. The van der Waals surface area contributed by atoms with Gasteiger partial charge in [-0.25, -0.2) is 0 Å². The number of rotatable bonds is 3. The minimum Gasteiger partial charge on any atom is -0.506 e. The van der Waals surface area contributed by atoms with E-state index in [1.165, 1.54) is 12.1 Å². The maximum Gasteiger partial charge on any atom is 0.189 e. The van der Waals surface area contributed by atoms with Gasteiger partial charge in [-0.15, -0.1) is 0 Å². The van der Waals surface area contributed by atoms with Crippen molar-refractivity contribution in [3.05, 3.63) is 72.9 Å². The van der Waals surface area contributed by atoms with Gasteiger partial charge in [-0.3, -0.25) is 4.79 Å². The first-order chi connectivity index (χ1) is 11.5. The zero-order valence-corrected chi connectivity index (χ0v) is 16.6. The molecule has 0 radical (unpaired) electrons. The van der Waals surface area contributed by atoms with Crippen molar-refractivity contribution in [1.29, 1.82) is 0 Å². The van der Waals surface area contributed by atoms with E-state index >= 15 is 0 Å². The fourth-order valence-corrected chi connectivity index (χ4v) is 4.12. The molecular weight excluding hydrogens is 530 g/mol. The van der Waals surface area contributed by atoms with Gasteiger partial charge in [0.15, 0.2) is 5.78 Å². The normalized spacial score (nSPS) is 11.2. The lowest BCUT2D eigenvalue weighted by Gasteiger charge is -2.07. The molecule has 3 aromatic rings. The molecule has 0 fully saturated rings. The highest BCUT2D eigenvalue weighted by atomic mass is 127. The number of hydrogen-bond donors (Lipinski definition) is 2. The standard InChI is InChI=1S/C19H12I2O3/c20-15-10-14(18(23)17(21)19(15)24)16(22)9-8-12-6-3-5-11-4-1-2-7-13(11)12/h1-10,23-24H. The molecule has 0 amide bonds. The molecule has 0 atom stereocenters. The summed E-state index contributed by atoms with van der Waals surface area (Å²) in [5, 5.41) is 22.1. The molecule has 0 unspecified atom stereocenters. The van der Waals surface area contributed by atoms with Crippen LogP contribution in [0.1, 0.15) is 15.9 Å². The predicted octanol–water partition coefficient (Wildman–Crippen LogP) is 5.36. The summed E-state index contributed by atoms with van der Waals surface area (Å²) in [6.45, 7) is 0. The van der Waals surface area contributed by atoms with Crippen LogP contribution in [0.25, 0.3) is 16.8 Å². The van der Waals surface area contributed by atoms with E-state index in [0.29, 0.717) is 3.57 Å². The average Bonchev–Trinajstić information content (AvgIpc) is 2.60. The number of phenolic OH excluding ortho intramolecular Hbond substituents is 2. The maximum atomic E-state index is 12.5. The third kappa shape index (κ3) is 3.27. The molecule has 0 saturated carbocycles. The quantitative estimate of drug-likeness (QED) is 0.267. The minimum atomic E-state index is -0.309. The lowest BCUT2D eigenvalue weighted by atomic mass is 10.0. The van der Waals surface area contributed by atoms with E-state index in [2.05, 4.69) is 0 Å². The Kier molecular flexibility index (Phi) is 5.09. The average molecular weight is 542 g/mol. The van der Waals surface area contributed by atoms with Crippen molar-refractivity contribution in [3.8, 4) is 11.5 Å². The number of phenols is 2. The molecule has 3 aromatic carbocycles. The van der Waals surface area contributed by atoms with Crippen molar-refractivity contribution < 1.29 is 15.0 Å². The third-order valence-corrected chi connectivity index (χ3v) is 5.52. The van der Waals surface area contributed by atoms with Gasteiger partial charge in [0.05, 0.1) is 12.7 Å². The highest BCUT2D eigenvalue weighted by molar-refractivity contribution is 14.1. The van der Waals surface area contributed by atoms with Crippen LogP contribution in [0, 0.1) is 7.14 Å². The molecule has 24 heavy (non-hydrogen) atoms. The van der Waals surface area contributed by atoms with Gasteiger partial charge in [0, 0.05) is 0 Å². The minimum absolute atomic E-state index is 0.0108. The van der Waals surface area contributed by atoms with Gasteiger partial charge in [-0.1, -0.05) is 48.5 Å². The second-order valence-electron chi connectivity index (χ2n) is 5.18. The third-order valence-electron chi connectivity index (χ3n) is 3.67. The van der Waals surface area contributed by atoms with E-state index in [4.69, 9.17) is 0 Å². The highest BCUT2D eigenvalue weighted by Crippen LogP contribution is 2.36. The summed E-state index contributed by atoms with van der Waals surface area (Å²) >= 11 is 3.76. The van der Waals surface area contributed by atoms with Gasteiger partial charge < -0.3 is 10.2 Å². The lowest BCUT2D eigenvalue weighted by Crippen LogP contribution is -1.98. The molecule has 0 aliphatic carbocycles. The number of aromatic hydroxyl groups is 2. The molecule has 2 N–H and O–H groups in total. The molecule has 0 saturated heterocycles. The molecule has 3 nitrogen and oxygen atoms in total. The molecule has 120 valence electrons. The number of hydrogen-bond acceptors (Lipinski definition) is 3. The molecular formula is C19H12I2O3. The van der Waals surface area contributed by atoms with Crippen LogP contribution in [-0.2, 0) is 0 Å². The smallest absolute Gasteiger partial charge is 0.189 e. The van der Waals surface area contributed by atoms with Crippen molar-refractivity contribution in [3.63, 3.8) is 0 Å². The Bertz CT molecular complexity index is 973. The van der Waals surface area contributed by atoms with Crippen LogP contribution in [0.5, 0.6) is 11.5 Å². The summed E-state index contributed by atoms with van der Waals surface area (Å²) in [6.07, 6.45) is 3.19. The van der Waals surface area contributed by atoms with Crippen molar-refractivity contribution >= 4 is 67.8 Å². The first kappa shape index (κ1) is 17.2. The largest absolute Gasteiger partial charge is 0.506 e. The van der Waals surface area contributed by atoms with Gasteiger partial charge in [-0.05, 0) is 73.7 Å². The number of halogens is 2. The van der Waals surface area contributed by atoms with Crippen molar-refractivity contribution in [2.45, 2.75) is 0 Å². The second kappa shape index (κ2) is 7.10. The van der Waals surface area contributed by atoms with Crippen molar-refractivity contribution in [2.24, 2.45) is 0 Å². The Morgan fingerprint density at radius 1 is 0.958 bits per heavy atom. The van der Waals surface area contributed by atoms with E-state index in [0.717, 1.165) is 16.3 Å². The number of fused-ring (bicyclic) bond motifs is 1. The van der Waals surface area contributed by atoms with E-state index < -0.39 is 0 Å². The SMILES string of the molecule is O=C(C=Cc1cccc2ccccc12)c1cc(I)c(O)c(I)c1O. The van der Waals surface area contributed by atoms with E-state index in [1.807, 2.05) is 87.6 Å². The van der Waals surface area contributed by atoms with Crippen LogP contribution in [0.2, 0.25) is 0 Å². The Morgan fingerprint density at radius 2 is 1.67 bits per heavy atom. The summed E-state index contributed by atoms with van der Waals surface area (Å²) in [7, 11) is 0. The van der Waals surface area contributed by atoms with Gasteiger partial charge >= 0.3 is 0 Å². The summed E-state index contributed by atoms with van der Waals surface area (Å²) in [5.41, 5.74) is 1.11. The molecule has 0 bridgehead atoms. The van der Waals surface area contributed by atoms with Crippen molar-refractivity contribution in [1.82, 2.24) is 0 Å². The van der Waals surface area contributed by atoms with Gasteiger partial charge in [0.2, 0.25) is 0 Å².